The molecule has 0 bridgehead atoms. The Morgan fingerprint density at radius 1 is 1.62 bits per heavy atom. The van der Waals surface area contributed by atoms with E-state index in [1.165, 1.54) is 0 Å². The van der Waals surface area contributed by atoms with Gasteiger partial charge >= 0.3 is 0 Å². The first-order chi connectivity index (χ1) is 7.70. The van der Waals surface area contributed by atoms with Crippen LogP contribution in [0.25, 0.3) is 5.65 Å². The smallest absolute Gasteiger partial charge is 0.243 e. The highest BCUT2D eigenvalue weighted by atomic mass is 79.9. The fourth-order valence-corrected chi connectivity index (χ4v) is 1.69. The molecule has 5 nitrogen and oxygen atoms in total. The quantitative estimate of drug-likeness (QED) is 0.932. The molecule has 0 aliphatic heterocycles. The Morgan fingerprint density at radius 2 is 2.44 bits per heavy atom. The van der Waals surface area contributed by atoms with E-state index < -0.39 is 0 Å². The van der Waals surface area contributed by atoms with Gasteiger partial charge in [-0.15, -0.1) is 5.10 Å². The average Bonchev–Trinajstić information content (AvgIpc) is 2.70. The maximum Gasteiger partial charge on any atom is 0.243 e. The van der Waals surface area contributed by atoms with Crippen molar-refractivity contribution in [2.24, 2.45) is 0 Å². The number of anilines is 1. The zero-order valence-electron chi connectivity index (χ0n) is 9.14. The molecule has 0 aliphatic carbocycles. The molecule has 0 saturated carbocycles. The van der Waals surface area contributed by atoms with Crippen LogP contribution in [0.2, 0.25) is 0 Å². The molecule has 86 valence electrons. The average molecular weight is 285 g/mol. The fourth-order valence-electron chi connectivity index (χ4n) is 1.27. The molecule has 0 fully saturated rings. The lowest BCUT2D eigenvalue weighted by atomic mass is 10.4. The SMILES string of the molecule is COC(C)CNc1nc2c(Br)cccn2n1. The van der Waals surface area contributed by atoms with Crippen LogP contribution in [0.4, 0.5) is 5.95 Å². The molecule has 1 N–H and O–H groups in total. The zero-order valence-corrected chi connectivity index (χ0v) is 10.7. The van der Waals surface area contributed by atoms with Crippen molar-refractivity contribution in [3.8, 4) is 0 Å². The molecule has 2 rings (SSSR count). The van der Waals surface area contributed by atoms with Crippen molar-refractivity contribution in [3.63, 3.8) is 0 Å². The van der Waals surface area contributed by atoms with E-state index in [0.717, 1.165) is 10.1 Å². The summed E-state index contributed by atoms with van der Waals surface area (Å²) in [6.45, 7) is 2.67. The third kappa shape index (κ3) is 2.33. The van der Waals surface area contributed by atoms with Crippen molar-refractivity contribution < 1.29 is 4.74 Å². The highest BCUT2D eigenvalue weighted by molar-refractivity contribution is 9.10. The van der Waals surface area contributed by atoms with Crippen LogP contribution in [0.1, 0.15) is 6.92 Å². The Kier molecular flexibility index (Phi) is 3.40. The van der Waals surface area contributed by atoms with Gasteiger partial charge in [0.15, 0.2) is 5.65 Å². The van der Waals surface area contributed by atoms with Gasteiger partial charge in [-0.3, -0.25) is 0 Å². The van der Waals surface area contributed by atoms with Crippen molar-refractivity contribution in [1.82, 2.24) is 14.6 Å². The topological polar surface area (TPSA) is 51.5 Å². The Labute approximate surface area is 102 Å². The Bertz CT molecular complexity index is 485. The van der Waals surface area contributed by atoms with Crippen LogP contribution in [-0.4, -0.2) is 34.4 Å². The molecule has 16 heavy (non-hydrogen) atoms. The normalized spacial score (nSPS) is 12.9. The number of hydrogen-bond acceptors (Lipinski definition) is 4. The molecule has 1 atom stereocenters. The van der Waals surface area contributed by atoms with E-state index in [-0.39, 0.29) is 6.10 Å². The lowest BCUT2D eigenvalue weighted by molar-refractivity contribution is 0.128. The van der Waals surface area contributed by atoms with Crippen LogP contribution in [0, 0.1) is 0 Å². The summed E-state index contributed by atoms with van der Waals surface area (Å²) in [5.41, 5.74) is 0.801. The first-order valence-corrected chi connectivity index (χ1v) is 5.77. The fraction of sp³-hybridized carbons (Fsp3) is 0.400. The number of methoxy groups -OCH3 is 1. The van der Waals surface area contributed by atoms with E-state index in [4.69, 9.17) is 4.74 Å². The predicted molar refractivity (Wildman–Crippen MR) is 65.6 cm³/mol. The summed E-state index contributed by atoms with van der Waals surface area (Å²) in [6, 6.07) is 3.85. The number of nitrogens with zero attached hydrogens (tertiary/aromatic N) is 3. The van der Waals surface area contributed by atoms with E-state index >= 15 is 0 Å². The molecule has 0 radical (unpaired) electrons. The standard InChI is InChI=1S/C10H13BrN4O/c1-7(16-2)6-12-10-13-9-8(11)4-3-5-15(9)14-10/h3-5,7H,6H2,1-2H3,(H,12,14). The van der Waals surface area contributed by atoms with Gasteiger partial charge in [0.05, 0.1) is 10.6 Å². The summed E-state index contributed by atoms with van der Waals surface area (Å²) in [5, 5.41) is 7.41. The molecule has 0 spiro atoms. The van der Waals surface area contributed by atoms with Gasteiger partial charge in [-0.25, -0.2) is 4.52 Å². The van der Waals surface area contributed by atoms with Crippen LogP contribution in [0.5, 0.6) is 0 Å². The number of ether oxygens (including phenoxy) is 1. The highest BCUT2D eigenvalue weighted by Crippen LogP contribution is 2.16. The van der Waals surface area contributed by atoms with Crippen molar-refractivity contribution >= 4 is 27.5 Å². The summed E-state index contributed by atoms with van der Waals surface area (Å²) >= 11 is 3.43. The Morgan fingerprint density at radius 3 is 3.12 bits per heavy atom. The number of rotatable bonds is 4. The van der Waals surface area contributed by atoms with E-state index in [2.05, 4.69) is 31.3 Å². The van der Waals surface area contributed by atoms with Crippen LogP contribution in [-0.2, 0) is 4.74 Å². The van der Waals surface area contributed by atoms with Crippen LogP contribution in [0.3, 0.4) is 0 Å². The monoisotopic (exact) mass is 284 g/mol. The molecule has 2 heterocycles. The zero-order chi connectivity index (χ0) is 11.5. The first kappa shape index (κ1) is 11.3. The van der Waals surface area contributed by atoms with E-state index in [1.807, 2.05) is 25.3 Å². The molecule has 0 aromatic carbocycles. The van der Waals surface area contributed by atoms with Crippen LogP contribution >= 0.6 is 15.9 Å². The Balaban J connectivity index is 2.17. The van der Waals surface area contributed by atoms with Crippen molar-refractivity contribution in [2.75, 3.05) is 19.0 Å². The molecule has 1 unspecified atom stereocenters. The number of aromatic nitrogens is 3. The number of halogens is 1. The minimum atomic E-state index is 0.134. The van der Waals surface area contributed by atoms with Gasteiger partial charge in [-0.2, -0.15) is 4.98 Å². The maximum atomic E-state index is 5.14. The minimum Gasteiger partial charge on any atom is -0.380 e. The van der Waals surface area contributed by atoms with Gasteiger partial charge in [-0.05, 0) is 35.0 Å². The number of nitrogens with one attached hydrogen (secondary N) is 1. The molecular weight excluding hydrogens is 272 g/mol. The summed E-state index contributed by atoms with van der Waals surface area (Å²) in [4.78, 5) is 4.36. The van der Waals surface area contributed by atoms with E-state index in [9.17, 15) is 0 Å². The number of fused-ring (bicyclic) bond motifs is 1. The molecule has 0 saturated heterocycles. The number of pyridine rings is 1. The summed E-state index contributed by atoms with van der Waals surface area (Å²) in [5.74, 6) is 0.607. The van der Waals surface area contributed by atoms with Gasteiger partial charge in [0.25, 0.3) is 0 Å². The highest BCUT2D eigenvalue weighted by Gasteiger charge is 2.06. The molecular formula is C10H13BrN4O. The summed E-state index contributed by atoms with van der Waals surface area (Å²) in [6.07, 6.45) is 1.99. The van der Waals surface area contributed by atoms with Crippen LogP contribution in [0.15, 0.2) is 22.8 Å². The summed E-state index contributed by atoms with van der Waals surface area (Å²) in [7, 11) is 1.68. The van der Waals surface area contributed by atoms with Crippen molar-refractivity contribution in [2.45, 2.75) is 13.0 Å². The van der Waals surface area contributed by atoms with Crippen LogP contribution < -0.4 is 5.32 Å². The second kappa shape index (κ2) is 4.80. The molecule has 0 aliphatic rings. The second-order valence-corrected chi connectivity index (χ2v) is 4.34. The molecule has 0 amide bonds. The molecule has 2 aromatic rings. The Hall–Kier alpha value is -1.14. The van der Waals surface area contributed by atoms with Gasteiger partial charge < -0.3 is 10.1 Å². The van der Waals surface area contributed by atoms with Gasteiger partial charge in [-0.1, -0.05) is 0 Å². The third-order valence-corrected chi connectivity index (χ3v) is 2.88. The molecule has 2 aromatic heterocycles. The lowest BCUT2D eigenvalue weighted by Crippen LogP contribution is -2.18. The first-order valence-electron chi connectivity index (χ1n) is 4.98. The minimum absolute atomic E-state index is 0.134. The molecule has 6 heteroatoms. The maximum absolute atomic E-state index is 5.14. The lowest BCUT2D eigenvalue weighted by Gasteiger charge is -2.08. The second-order valence-electron chi connectivity index (χ2n) is 3.49. The van der Waals surface area contributed by atoms with E-state index in [0.29, 0.717) is 12.5 Å². The van der Waals surface area contributed by atoms with Gasteiger partial charge in [0.2, 0.25) is 5.95 Å². The summed E-state index contributed by atoms with van der Waals surface area (Å²) < 4.78 is 7.79. The number of hydrogen-bond donors (Lipinski definition) is 1. The van der Waals surface area contributed by atoms with E-state index in [1.54, 1.807) is 11.6 Å². The van der Waals surface area contributed by atoms with Gasteiger partial charge in [0.1, 0.15) is 0 Å². The van der Waals surface area contributed by atoms with Gasteiger partial charge in [0, 0.05) is 19.9 Å². The largest absolute Gasteiger partial charge is 0.380 e. The third-order valence-electron chi connectivity index (χ3n) is 2.26. The van der Waals surface area contributed by atoms with Crippen molar-refractivity contribution in [1.29, 1.82) is 0 Å². The predicted octanol–water partition coefficient (Wildman–Crippen LogP) is 1.94. The van der Waals surface area contributed by atoms with Crippen molar-refractivity contribution in [3.05, 3.63) is 22.8 Å².